The molecule has 0 saturated carbocycles. The summed E-state index contributed by atoms with van der Waals surface area (Å²) in [6.45, 7) is -0.776. The molecule has 0 unspecified atom stereocenters. The number of para-hydroxylation sites is 2. The topological polar surface area (TPSA) is 151 Å². The molecule has 182 valence electrons. The standard InChI is InChI=1S/C22H19BrN4O7S/c1-34-20-12-15(11-17(23)22(20)29)13-24-25-21(28)14-26(18-9-5-6-10-19(18)27(30)31)35(32,33)16-7-3-2-4-8-16/h2-13,29H,14H2,1H3,(H,25,28)/b24-13-. The molecule has 3 aromatic rings. The van der Waals surface area contributed by atoms with Crippen molar-refractivity contribution in [3.63, 3.8) is 0 Å². The number of halogens is 1. The first-order valence-corrected chi connectivity index (χ1v) is 12.1. The molecule has 11 nitrogen and oxygen atoms in total. The van der Waals surface area contributed by atoms with Crippen LogP contribution in [0.3, 0.4) is 0 Å². The number of nitro groups is 1. The number of amides is 1. The Morgan fingerprint density at radius 3 is 2.51 bits per heavy atom. The summed E-state index contributed by atoms with van der Waals surface area (Å²) in [6, 6.07) is 15.5. The van der Waals surface area contributed by atoms with Gasteiger partial charge in [-0.15, -0.1) is 0 Å². The Balaban J connectivity index is 1.90. The smallest absolute Gasteiger partial charge is 0.293 e. The maximum Gasteiger partial charge on any atom is 0.293 e. The fourth-order valence-corrected chi connectivity index (χ4v) is 4.93. The maximum absolute atomic E-state index is 13.3. The number of phenols is 1. The molecular weight excluding hydrogens is 544 g/mol. The summed E-state index contributed by atoms with van der Waals surface area (Å²) in [5.41, 5.74) is 1.92. The van der Waals surface area contributed by atoms with Gasteiger partial charge in [-0.2, -0.15) is 5.10 Å². The van der Waals surface area contributed by atoms with Crippen LogP contribution in [0.25, 0.3) is 0 Å². The fraction of sp³-hybridized carbons (Fsp3) is 0.0909. The Morgan fingerprint density at radius 1 is 1.20 bits per heavy atom. The Hall–Kier alpha value is -3.97. The van der Waals surface area contributed by atoms with Crippen LogP contribution >= 0.6 is 15.9 Å². The number of hydrogen-bond donors (Lipinski definition) is 2. The van der Waals surface area contributed by atoms with E-state index in [-0.39, 0.29) is 22.1 Å². The molecule has 0 bridgehead atoms. The molecule has 0 aliphatic heterocycles. The van der Waals surface area contributed by atoms with Gasteiger partial charge in [-0.05, 0) is 51.8 Å². The van der Waals surface area contributed by atoms with Gasteiger partial charge in [0.25, 0.3) is 21.6 Å². The van der Waals surface area contributed by atoms with Crippen LogP contribution in [0, 0.1) is 10.1 Å². The second kappa shape index (κ2) is 11.0. The molecule has 0 radical (unpaired) electrons. The van der Waals surface area contributed by atoms with Crippen LogP contribution in [0.4, 0.5) is 11.4 Å². The molecule has 2 N–H and O–H groups in total. The third kappa shape index (κ3) is 5.94. The van der Waals surface area contributed by atoms with E-state index < -0.39 is 33.1 Å². The number of nitrogens with one attached hydrogen (secondary N) is 1. The van der Waals surface area contributed by atoms with Crippen LogP contribution in [0.15, 0.2) is 81.2 Å². The number of hydrogen-bond acceptors (Lipinski definition) is 8. The summed E-state index contributed by atoms with van der Waals surface area (Å²) >= 11 is 3.17. The average Bonchev–Trinajstić information content (AvgIpc) is 2.85. The Morgan fingerprint density at radius 2 is 1.86 bits per heavy atom. The fourth-order valence-electron chi connectivity index (χ4n) is 3.02. The molecule has 0 aliphatic rings. The highest BCUT2D eigenvalue weighted by Gasteiger charge is 2.31. The molecular formula is C22H19BrN4O7S. The first kappa shape index (κ1) is 25.6. The number of methoxy groups -OCH3 is 1. The summed E-state index contributed by atoms with van der Waals surface area (Å²) in [6.07, 6.45) is 1.26. The molecule has 3 aromatic carbocycles. The summed E-state index contributed by atoms with van der Waals surface area (Å²) in [4.78, 5) is 23.3. The molecule has 0 aromatic heterocycles. The molecule has 1 amide bonds. The summed E-state index contributed by atoms with van der Waals surface area (Å²) in [5.74, 6) is -0.785. The van der Waals surface area contributed by atoms with Gasteiger partial charge in [-0.25, -0.2) is 18.1 Å². The van der Waals surface area contributed by atoms with Gasteiger partial charge in [0.15, 0.2) is 11.5 Å². The van der Waals surface area contributed by atoms with E-state index in [9.17, 15) is 28.4 Å². The lowest BCUT2D eigenvalue weighted by Gasteiger charge is -2.23. The first-order chi connectivity index (χ1) is 16.6. The van der Waals surface area contributed by atoms with Crippen molar-refractivity contribution in [2.24, 2.45) is 5.10 Å². The van der Waals surface area contributed by atoms with Gasteiger partial charge in [0.1, 0.15) is 12.2 Å². The van der Waals surface area contributed by atoms with Crippen molar-refractivity contribution < 1.29 is 28.0 Å². The highest BCUT2D eigenvalue weighted by molar-refractivity contribution is 9.10. The van der Waals surface area contributed by atoms with E-state index in [1.54, 1.807) is 6.07 Å². The predicted molar refractivity (Wildman–Crippen MR) is 132 cm³/mol. The number of hydrazone groups is 1. The molecule has 0 heterocycles. The SMILES string of the molecule is COc1cc(/C=N\NC(=O)CN(c2ccccc2[N+](=O)[O-])S(=O)(=O)c2ccccc2)cc(Br)c1O. The van der Waals surface area contributed by atoms with Gasteiger partial charge >= 0.3 is 0 Å². The second-order valence-corrected chi connectivity index (χ2v) is 9.63. The van der Waals surface area contributed by atoms with Crippen molar-refractivity contribution in [3.05, 3.63) is 86.9 Å². The summed E-state index contributed by atoms with van der Waals surface area (Å²) in [5, 5.41) is 25.2. The Bertz CT molecular complexity index is 1380. The zero-order valence-corrected chi connectivity index (χ0v) is 20.6. The largest absolute Gasteiger partial charge is 0.503 e. The van der Waals surface area contributed by atoms with Crippen molar-refractivity contribution >= 4 is 49.4 Å². The highest BCUT2D eigenvalue weighted by Crippen LogP contribution is 2.35. The van der Waals surface area contributed by atoms with Crippen molar-refractivity contribution in [1.29, 1.82) is 0 Å². The van der Waals surface area contributed by atoms with E-state index in [4.69, 9.17) is 4.74 Å². The van der Waals surface area contributed by atoms with Crippen molar-refractivity contribution in [2.75, 3.05) is 18.0 Å². The number of sulfonamides is 1. The van der Waals surface area contributed by atoms with Crippen molar-refractivity contribution in [1.82, 2.24) is 5.43 Å². The monoisotopic (exact) mass is 562 g/mol. The molecule has 0 saturated heterocycles. The van der Waals surface area contributed by atoms with Gasteiger partial charge in [-0.3, -0.25) is 14.9 Å². The average molecular weight is 563 g/mol. The normalized spacial score (nSPS) is 11.3. The molecule has 13 heteroatoms. The van der Waals surface area contributed by atoms with Gasteiger partial charge < -0.3 is 9.84 Å². The van der Waals surface area contributed by atoms with Crippen molar-refractivity contribution in [3.8, 4) is 11.5 Å². The molecule has 0 spiro atoms. The van der Waals surface area contributed by atoms with Crippen LogP contribution in [0.2, 0.25) is 0 Å². The van der Waals surface area contributed by atoms with Crippen LogP contribution in [-0.4, -0.2) is 44.2 Å². The maximum atomic E-state index is 13.3. The predicted octanol–water partition coefficient (Wildman–Crippen LogP) is 3.42. The number of carbonyl (C=O) groups excluding carboxylic acids is 1. The lowest BCUT2D eigenvalue weighted by atomic mass is 10.2. The minimum Gasteiger partial charge on any atom is -0.503 e. The van der Waals surface area contributed by atoms with E-state index in [1.165, 1.54) is 67.9 Å². The molecule has 35 heavy (non-hydrogen) atoms. The molecule has 0 atom stereocenters. The number of benzene rings is 3. The number of nitro benzene ring substituents is 1. The number of anilines is 1. The second-order valence-electron chi connectivity index (χ2n) is 6.92. The molecule has 3 rings (SSSR count). The lowest BCUT2D eigenvalue weighted by molar-refractivity contribution is -0.384. The van der Waals surface area contributed by atoms with E-state index in [0.717, 1.165) is 6.07 Å². The number of aromatic hydroxyl groups is 1. The highest BCUT2D eigenvalue weighted by atomic mass is 79.9. The van der Waals surface area contributed by atoms with E-state index >= 15 is 0 Å². The first-order valence-electron chi connectivity index (χ1n) is 9.84. The minimum atomic E-state index is -4.34. The summed E-state index contributed by atoms with van der Waals surface area (Å²) in [7, 11) is -2.97. The van der Waals surface area contributed by atoms with Crippen LogP contribution in [0.5, 0.6) is 11.5 Å². The van der Waals surface area contributed by atoms with Gasteiger partial charge in [-0.1, -0.05) is 30.3 Å². The third-order valence-electron chi connectivity index (χ3n) is 4.64. The van der Waals surface area contributed by atoms with Crippen molar-refractivity contribution in [2.45, 2.75) is 4.90 Å². The van der Waals surface area contributed by atoms with Crippen LogP contribution < -0.4 is 14.5 Å². The van der Waals surface area contributed by atoms with Crippen LogP contribution in [0.1, 0.15) is 5.56 Å². The number of ether oxygens (including phenoxy) is 1. The quantitative estimate of drug-likeness (QED) is 0.230. The third-order valence-corrected chi connectivity index (χ3v) is 7.02. The minimum absolute atomic E-state index is 0.111. The lowest BCUT2D eigenvalue weighted by Crippen LogP contribution is -2.39. The van der Waals surface area contributed by atoms with Gasteiger partial charge in [0.2, 0.25) is 0 Å². The van der Waals surface area contributed by atoms with E-state index in [2.05, 4.69) is 26.5 Å². The number of nitrogens with zero attached hydrogens (tertiary/aromatic N) is 3. The zero-order valence-electron chi connectivity index (χ0n) is 18.2. The number of rotatable bonds is 9. The molecule has 0 fully saturated rings. The van der Waals surface area contributed by atoms with E-state index in [1.807, 2.05) is 0 Å². The van der Waals surface area contributed by atoms with Gasteiger partial charge in [0, 0.05) is 6.07 Å². The Labute approximate surface area is 209 Å². The molecule has 0 aliphatic carbocycles. The zero-order chi connectivity index (χ0) is 25.6. The number of carbonyl (C=O) groups is 1. The Kier molecular flexibility index (Phi) is 8.04. The van der Waals surface area contributed by atoms with Crippen LogP contribution in [-0.2, 0) is 14.8 Å². The number of phenolic OH excluding ortho intramolecular Hbond substituents is 1. The van der Waals surface area contributed by atoms with Gasteiger partial charge in [0.05, 0.1) is 27.6 Å². The summed E-state index contributed by atoms with van der Waals surface area (Å²) < 4.78 is 32.7. The van der Waals surface area contributed by atoms with E-state index in [0.29, 0.717) is 14.3 Å².